The van der Waals surface area contributed by atoms with E-state index in [1.807, 2.05) is 12.1 Å². The fraction of sp³-hybridized carbons (Fsp3) is 0.250. The first-order valence-electron chi connectivity index (χ1n) is 3.18. The summed E-state index contributed by atoms with van der Waals surface area (Å²) < 4.78 is 0.964. The van der Waals surface area contributed by atoms with Crippen LogP contribution in [-0.4, -0.2) is 0 Å². The smallest absolute Gasteiger partial charge is 0.0550 e. The molecule has 1 rings (SSSR count). The Morgan fingerprint density at radius 3 is 2.70 bits per heavy atom. The molecule has 0 bridgehead atoms. The lowest BCUT2D eigenvalue weighted by Gasteiger charge is -1.98. The molecule has 0 atom stereocenters. The van der Waals surface area contributed by atoms with Gasteiger partial charge in [0.05, 0.1) is 5.02 Å². The second-order valence-electron chi connectivity index (χ2n) is 2.10. The van der Waals surface area contributed by atoms with Gasteiger partial charge in [-0.2, -0.15) is 0 Å². The molecule has 0 nitrogen and oxygen atoms in total. The largest absolute Gasteiger partial charge is 0.0831 e. The summed E-state index contributed by atoms with van der Waals surface area (Å²) in [5.74, 6) is 0. The zero-order chi connectivity index (χ0) is 7.56. The Labute approximate surface area is 74.3 Å². The van der Waals surface area contributed by atoms with E-state index in [4.69, 9.17) is 11.6 Å². The van der Waals surface area contributed by atoms with Gasteiger partial charge in [-0.05, 0) is 40.0 Å². The van der Waals surface area contributed by atoms with Crippen LogP contribution in [0.3, 0.4) is 0 Å². The number of aryl methyl sites for hydroxylation is 1. The molecule has 0 saturated carbocycles. The van der Waals surface area contributed by atoms with Gasteiger partial charge in [-0.25, -0.2) is 0 Å². The highest BCUT2D eigenvalue weighted by Crippen LogP contribution is 2.23. The van der Waals surface area contributed by atoms with E-state index in [1.165, 1.54) is 5.56 Å². The number of halogens is 2. The van der Waals surface area contributed by atoms with Crippen molar-refractivity contribution in [1.82, 2.24) is 0 Å². The maximum absolute atomic E-state index is 5.85. The minimum Gasteiger partial charge on any atom is -0.0831 e. The van der Waals surface area contributed by atoms with Gasteiger partial charge in [0.2, 0.25) is 0 Å². The number of hydrogen-bond acceptors (Lipinski definition) is 0. The SMILES string of the molecule is CCc1ccc(Br)c(Cl)c1. The van der Waals surface area contributed by atoms with Crippen LogP contribution in [0.15, 0.2) is 22.7 Å². The summed E-state index contributed by atoms with van der Waals surface area (Å²) in [6, 6.07) is 6.02. The summed E-state index contributed by atoms with van der Waals surface area (Å²) in [5, 5.41) is 0.791. The van der Waals surface area contributed by atoms with Gasteiger partial charge in [-0.1, -0.05) is 24.6 Å². The molecule has 0 spiro atoms. The van der Waals surface area contributed by atoms with Gasteiger partial charge in [-0.15, -0.1) is 0 Å². The first kappa shape index (κ1) is 8.09. The van der Waals surface area contributed by atoms with Gasteiger partial charge in [0.15, 0.2) is 0 Å². The molecule has 0 aromatic heterocycles. The third-order valence-corrected chi connectivity index (χ3v) is 2.62. The summed E-state index contributed by atoms with van der Waals surface area (Å²) >= 11 is 9.17. The topological polar surface area (TPSA) is 0 Å². The van der Waals surface area contributed by atoms with Crippen LogP contribution in [0.25, 0.3) is 0 Å². The van der Waals surface area contributed by atoms with Gasteiger partial charge in [-0.3, -0.25) is 0 Å². The summed E-state index contributed by atoms with van der Waals surface area (Å²) in [7, 11) is 0. The van der Waals surface area contributed by atoms with Crippen LogP contribution >= 0.6 is 27.5 Å². The van der Waals surface area contributed by atoms with Gasteiger partial charge >= 0.3 is 0 Å². The molecule has 54 valence electrons. The highest BCUT2D eigenvalue weighted by molar-refractivity contribution is 9.10. The fourth-order valence-corrected chi connectivity index (χ4v) is 1.21. The molecule has 0 heterocycles. The molecule has 0 aliphatic rings. The van der Waals surface area contributed by atoms with Gasteiger partial charge in [0.25, 0.3) is 0 Å². The van der Waals surface area contributed by atoms with Crippen molar-refractivity contribution in [3.8, 4) is 0 Å². The summed E-state index contributed by atoms with van der Waals surface area (Å²) in [4.78, 5) is 0. The average molecular weight is 220 g/mol. The predicted octanol–water partition coefficient (Wildman–Crippen LogP) is 3.66. The maximum atomic E-state index is 5.85. The molecule has 0 unspecified atom stereocenters. The van der Waals surface area contributed by atoms with Crippen molar-refractivity contribution in [2.24, 2.45) is 0 Å². The number of benzene rings is 1. The Hall–Kier alpha value is -0.0100. The highest BCUT2D eigenvalue weighted by Gasteiger charge is 1.95. The van der Waals surface area contributed by atoms with Crippen LogP contribution in [-0.2, 0) is 6.42 Å². The molecule has 1 aromatic carbocycles. The normalized spacial score (nSPS) is 9.90. The first-order valence-corrected chi connectivity index (χ1v) is 4.35. The molecular formula is C8H8BrCl. The molecular weight excluding hydrogens is 211 g/mol. The Morgan fingerprint density at radius 2 is 2.20 bits per heavy atom. The van der Waals surface area contributed by atoms with E-state index in [9.17, 15) is 0 Å². The van der Waals surface area contributed by atoms with Crippen LogP contribution in [0.2, 0.25) is 5.02 Å². The molecule has 0 amide bonds. The number of hydrogen-bond donors (Lipinski definition) is 0. The van der Waals surface area contributed by atoms with Crippen LogP contribution in [0.1, 0.15) is 12.5 Å². The molecule has 0 N–H and O–H groups in total. The summed E-state index contributed by atoms with van der Waals surface area (Å²) in [6.45, 7) is 2.11. The highest BCUT2D eigenvalue weighted by atomic mass is 79.9. The van der Waals surface area contributed by atoms with Crippen LogP contribution in [0, 0.1) is 0 Å². The molecule has 0 radical (unpaired) electrons. The Morgan fingerprint density at radius 1 is 1.50 bits per heavy atom. The lowest BCUT2D eigenvalue weighted by molar-refractivity contribution is 1.14. The molecule has 2 heteroatoms. The first-order chi connectivity index (χ1) is 4.74. The van der Waals surface area contributed by atoms with Crippen molar-refractivity contribution in [2.75, 3.05) is 0 Å². The van der Waals surface area contributed by atoms with Crippen molar-refractivity contribution in [1.29, 1.82) is 0 Å². The lowest BCUT2D eigenvalue weighted by Crippen LogP contribution is -1.78. The average Bonchev–Trinajstić information content (AvgIpc) is 1.95. The zero-order valence-corrected chi connectivity index (χ0v) is 8.04. The monoisotopic (exact) mass is 218 g/mol. The minimum absolute atomic E-state index is 0.791. The number of rotatable bonds is 1. The summed E-state index contributed by atoms with van der Waals surface area (Å²) in [5.41, 5.74) is 1.27. The van der Waals surface area contributed by atoms with E-state index in [1.54, 1.807) is 0 Å². The Kier molecular flexibility index (Phi) is 2.75. The standard InChI is InChI=1S/C8H8BrCl/c1-2-6-3-4-7(9)8(10)5-6/h3-5H,2H2,1H3. The van der Waals surface area contributed by atoms with Crippen LogP contribution < -0.4 is 0 Å². The Bertz CT molecular complexity index is 233. The van der Waals surface area contributed by atoms with E-state index >= 15 is 0 Å². The minimum atomic E-state index is 0.791. The summed E-state index contributed by atoms with van der Waals surface area (Å²) in [6.07, 6.45) is 1.03. The second-order valence-corrected chi connectivity index (χ2v) is 3.36. The zero-order valence-electron chi connectivity index (χ0n) is 5.70. The van der Waals surface area contributed by atoms with Gasteiger partial charge < -0.3 is 0 Å². The van der Waals surface area contributed by atoms with Crippen molar-refractivity contribution in [3.63, 3.8) is 0 Å². The van der Waals surface area contributed by atoms with Crippen LogP contribution in [0.4, 0.5) is 0 Å². The fourth-order valence-electron chi connectivity index (χ4n) is 0.760. The van der Waals surface area contributed by atoms with Crippen LogP contribution in [0.5, 0.6) is 0 Å². The van der Waals surface area contributed by atoms with Crippen molar-refractivity contribution >= 4 is 27.5 Å². The van der Waals surface area contributed by atoms with Gasteiger partial charge in [0.1, 0.15) is 0 Å². The predicted molar refractivity (Wildman–Crippen MR) is 48.5 cm³/mol. The van der Waals surface area contributed by atoms with Gasteiger partial charge in [0, 0.05) is 4.47 Å². The molecule has 0 aliphatic heterocycles. The third-order valence-electron chi connectivity index (χ3n) is 1.39. The Balaban J connectivity index is 3.04. The van der Waals surface area contributed by atoms with E-state index < -0.39 is 0 Å². The molecule has 1 aromatic rings. The maximum Gasteiger partial charge on any atom is 0.0550 e. The second kappa shape index (κ2) is 3.40. The van der Waals surface area contributed by atoms with Crippen molar-refractivity contribution in [3.05, 3.63) is 33.3 Å². The third kappa shape index (κ3) is 1.74. The lowest BCUT2D eigenvalue weighted by atomic mass is 10.2. The quantitative estimate of drug-likeness (QED) is 0.676. The van der Waals surface area contributed by atoms with Crippen molar-refractivity contribution < 1.29 is 0 Å². The van der Waals surface area contributed by atoms with E-state index in [0.717, 1.165) is 15.9 Å². The molecule has 0 fully saturated rings. The van der Waals surface area contributed by atoms with E-state index in [-0.39, 0.29) is 0 Å². The molecule has 0 saturated heterocycles. The van der Waals surface area contributed by atoms with Crippen molar-refractivity contribution in [2.45, 2.75) is 13.3 Å². The molecule has 10 heavy (non-hydrogen) atoms. The van der Waals surface area contributed by atoms with E-state index in [0.29, 0.717) is 0 Å². The molecule has 0 aliphatic carbocycles. The van der Waals surface area contributed by atoms with E-state index in [2.05, 4.69) is 28.9 Å².